The second-order valence-electron chi connectivity index (χ2n) is 4.49. The van der Waals surface area contributed by atoms with Crippen LogP contribution < -0.4 is 16.6 Å². The Bertz CT molecular complexity index is 612. The number of rotatable bonds is 4. The van der Waals surface area contributed by atoms with Crippen LogP contribution in [0.4, 0.5) is 11.5 Å². The van der Waals surface area contributed by atoms with E-state index in [9.17, 15) is 4.79 Å². The number of carbonyl (C=O) groups excluding carboxylic acids is 1. The van der Waals surface area contributed by atoms with Gasteiger partial charge in [-0.15, -0.1) is 0 Å². The highest BCUT2D eigenvalue weighted by molar-refractivity contribution is 6.05. The molecule has 0 spiro atoms. The number of aryl methyl sites for hydroxylation is 3. The number of nitrogen functional groups attached to an aromatic ring is 1. The van der Waals surface area contributed by atoms with Crippen molar-refractivity contribution in [2.24, 2.45) is 12.9 Å². The number of hydrazine groups is 1. The summed E-state index contributed by atoms with van der Waals surface area (Å²) in [6.45, 7) is 3.81. The van der Waals surface area contributed by atoms with Gasteiger partial charge in [-0.25, -0.2) is 10.8 Å². The summed E-state index contributed by atoms with van der Waals surface area (Å²) >= 11 is 0. The van der Waals surface area contributed by atoms with Gasteiger partial charge in [-0.1, -0.05) is 6.92 Å². The molecule has 20 heavy (non-hydrogen) atoms. The molecule has 0 unspecified atom stereocenters. The van der Waals surface area contributed by atoms with Crippen LogP contribution in [0.5, 0.6) is 0 Å². The highest BCUT2D eigenvalue weighted by Gasteiger charge is 2.12. The van der Waals surface area contributed by atoms with Gasteiger partial charge < -0.3 is 10.7 Å². The number of aromatic nitrogens is 3. The van der Waals surface area contributed by atoms with Gasteiger partial charge in [-0.3, -0.25) is 9.48 Å². The lowest BCUT2D eigenvalue weighted by molar-refractivity contribution is 0.102. The average molecular weight is 274 g/mol. The Hall–Kier alpha value is -2.41. The van der Waals surface area contributed by atoms with Crippen LogP contribution in [0, 0.1) is 6.92 Å². The summed E-state index contributed by atoms with van der Waals surface area (Å²) in [5, 5.41) is 7.01. The molecule has 7 heteroatoms. The van der Waals surface area contributed by atoms with Crippen molar-refractivity contribution in [3.63, 3.8) is 0 Å². The van der Waals surface area contributed by atoms with Gasteiger partial charge in [0, 0.05) is 24.5 Å². The molecule has 0 fully saturated rings. The van der Waals surface area contributed by atoms with Crippen molar-refractivity contribution in [3.05, 3.63) is 35.3 Å². The van der Waals surface area contributed by atoms with E-state index in [0.717, 1.165) is 17.8 Å². The van der Waals surface area contributed by atoms with Crippen molar-refractivity contribution >= 4 is 17.4 Å². The molecular weight excluding hydrogens is 256 g/mol. The van der Waals surface area contributed by atoms with Gasteiger partial charge in [0.25, 0.3) is 5.91 Å². The minimum absolute atomic E-state index is 0.213. The molecule has 7 nitrogen and oxygen atoms in total. The number of anilines is 2. The van der Waals surface area contributed by atoms with Gasteiger partial charge in [0.1, 0.15) is 5.82 Å². The fourth-order valence-corrected chi connectivity index (χ4v) is 1.89. The van der Waals surface area contributed by atoms with E-state index in [-0.39, 0.29) is 5.91 Å². The molecule has 2 heterocycles. The van der Waals surface area contributed by atoms with Crippen molar-refractivity contribution in [1.82, 2.24) is 14.8 Å². The normalized spacial score (nSPS) is 10.4. The van der Waals surface area contributed by atoms with Crippen molar-refractivity contribution < 1.29 is 4.79 Å². The molecule has 106 valence electrons. The molecular formula is C13H18N6O. The zero-order valence-electron chi connectivity index (χ0n) is 11.8. The number of carbonyl (C=O) groups is 1. The van der Waals surface area contributed by atoms with Crippen molar-refractivity contribution in [2.75, 3.05) is 10.7 Å². The third kappa shape index (κ3) is 2.94. The summed E-state index contributed by atoms with van der Waals surface area (Å²) in [6, 6.07) is 3.36. The first-order valence-electron chi connectivity index (χ1n) is 6.32. The van der Waals surface area contributed by atoms with Gasteiger partial charge in [0.05, 0.1) is 11.4 Å². The summed E-state index contributed by atoms with van der Waals surface area (Å²) in [5.41, 5.74) is 5.23. The van der Waals surface area contributed by atoms with E-state index in [1.165, 1.54) is 0 Å². The third-order valence-corrected chi connectivity index (χ3v) is 2.91. The van der Waals surface area contributed by atoms with E-state index in [1.807, 2.05) is 13.8 Å². The molecule has 0 atom stereocenters. The molecule has 1 amide bonds. The molecule has 0 saturated carbocycles. The number of nitrogens with two attached hydrogens (primary N) is 1. The molecule has 2 rings (SSSR count). The molecule has 0 radical (unpaired) electrons. The maximum atomic E-state index is 12.3. The number of hydrogen-bond acceptors (Lipinski definition) is 5. The number of pyridine rings is 1. The third-order valence-electron chi connectivity index (χ3n) is 2.91. The largest absolute Gasteiger partial charge is 0.319 e. The van der Waals surface area contributed by atoms with E-state index >= 15 is 0 Å². The molecule has 0 aliphatic heterocycles. The van der Waals surface area contributed by atoms with Crippen LogP contribution in [0.3, 0.4) is 0 Å². The van der Waals surface area contributed by atoms with Crippen LogP contribution >= 0.6 is 0 Å². The maximum Gasteiger partial charge on any atom is 0.255 e. The molecule has 4 N–H and O–H groups in total. The second-order valence-corrected chi connectivity index (χ2v) is 4.49. The van der Waals surface area contributed by atoms with Crippen molar-refractivity contribution in [1.29, 1.82) is 0 Å². The number of amides is 1. The highest BCUT2D eigenvalue weighted by atomic mass is 16.1. The number of nitrogens with zero attached hydrogens (tertiary/aromatic N) is 3. The summed E-state index contributed by atoms with van der Waals surface area (Å²) in [7, 11) is 1.81. The van der Waals surface area contributed by atoms with Gasteiger partial charge in [0.15, 0.2) is 0 Å². The Labute approximate surface area is 117 Å². The van der Waals surface area contributed by atoms with E-state index in [0.29, 0.717) is 17.1 Å². The predicted octanol–water partition coefficient (Wildman–Crippen LogP) is 1.22. The van der Waals surface area contributed by atoms with Crippen LogP contribution in [-0.4, -0.2) is 20.7 Å². The van der Waals surface area contributed by atoms with E-state index < -0.39 is 0 Å². The smallest absolute Gasteiger partial charge is 0.255 e. The Balaban J connectivity index is 2.26. The summed E-state index contributed by atoms with van der Waals surface area (Å²) < 4.78 is 1.65. The van der Waals surface area contributed by atoms with Gasteiger partial charge in [-0.2, -0.15) is 5.10 Å². The fourth-order valence-electron chi connectivity index (χ4n) is 1.89. The lowest BCUT2D eigenvalue weighted by Gasteiger charge is -2.08. The quantitative estimate of drug-likeness (QED) is 0.575. The van der Waals surface area contributed by atoms with Crippen LogP contribution in [0.1, 0.15) is 28.7 Å². The van der Waals surface area contributed by atoms with Crippen molar-refractivity contribution in [2.45, 2.75) is 20.3 Å². The Morgan fingerprint density at radius 2 is 2.20 bits per heavy atom. The summed E-state index contributed by atoms with van der Waals surface area (Å²) in [5.74, 6) is 5.62. The first kappa shape index (κ1) is 14.0. The Morgan fingerprint density at radius 1 is 1.45 bits per heavy atom. The average Bonchev–Trinajstić information content (AvgIpc) is 2.76. The van der Waals surface area contributed by atoms with E-state index in [4.69, 9.17) is 5.84 Å². The first-order chi connectivity index (χ1) is 9.53. The monoisotopic (exact) mass is 274 g/mol. The zero-order valence-corrected chi connectivity index (χ0v) is 11.8. The first-order valence-corrected chi connectivity index (χ1v) is 6.32. The summed E-state index contributed by atoms with van der Waals surface area (Å²) in [6.07, 6.45) is 2.49. The second kappa shape index (κ2) is 5.70. The summed E-state index contributed by atoms with van der Waals surface area (Å²) in [4.78, 5) is 16.5. The number of hydrogen-bond donors (Lipinski definition) is 3. The van der Waals surface area contributed by atoms with E-state index in [1.54, 1.807) is 30.1 Å². The fraction of sp³-hybridized carbons (Fsp3) is 0.308. The molecule has 0 bridgehead atoms. The number of nitrogens with one attached hydrogen (secondary N) is 2. The predicted molar refractivity (Wildman–Crippen MR) is 77.3 cm³/mol. The Kier molecular flexibility index (Phi) is 3.99. The van der Waals surface area contributed by atoms with Crippen molar-refractivity contribution in [3.8, 4) is 0 Å². The molecule has 0 saturated heterocycles. The standard InChI is InChI=1S/C13H18N6O/c1-4-10-5-9(6-12(15-10)17-14)13(20)16-11-7-19(3)18-8(11)2/h5-7H,4,14H2,1-3H3,(H,15,17)(H,16,20). The molecule has 2 aromatic heterocycles. The molecule has 0 aliphatic carbocycles. The zero-order chi connectivity index (χ0) is 14.7. The lowest BCUT2D eigenvalue weighted by atomic mass is 10.2. The molecule has 2 aromatic rings. The minimum Gasteiger partial charge on any atom is -0.319 e. The minimum atomic E-state index is -0.213. The lowest BCUT2D eigenvalue weighted by Crippen LogP contribution is -2.15. The molecule has 0 aromatic carbocycles. The maximum absolute atomic E-state index is 12.3. The van der Waals surface area contributed by atoms with E-state index in [2.05, 4.69) is 20.8 Å². The topological polar surface area (TPSA) is 97.9 Å². The van der Waals surface area contributed by atoms with Crippen LogP contribution in [-0.2, 0) is 13.5 Å². The molecule has 0 aliphatic rings. The Morgan fingerprint density at radius 3 is 2.75 bits per heavy atom. The van der Waals surface area contributed by atoms with Crippen LogP contribution in [0.15, 0.2) is 18.3 Å². The van der Waals surface area contributed by atoms with Gasteiger partial charge >= 0.3 is 0 Å². The van der Waals surface area contributed by atoms with Crippen LogP contribution in [0.2, 0.25) is 0 Å². The van der Waals surface area contributed by atoms with Gasteiger partial charge in [-0.05, 0) is 25.5 Å². The van der Waals surface area contributed by atoms with Gasteiger partial charge in [0.2, 0.25) is 0 Å². The SMILES string of the molecule is CCc1cc(C(=O)Nc2cn(C)nc2C)cc(NN)n1. The van der Waals surface area contributed by atoms with Crippen LogP contribution in [0.25, 0.3) is 0 Å². The highest BCUT2D eigenvalue weighted by Crippen LogP contribution is 2.15.